The first kappa shape index (κ1) is 34.3. The number of ether oxygens (including phenoxy) is 1. The van der Waals surface area contributed by atoms with Gasteiger partial charge in [0.1, 0.15) is 5.70 Å². The average Bonchev–Trinajstić information content (AvgIpc) is 3.37. The normalized spacial score (nSPS) is 15.9. The van der Waals surface area contributed by atoms with E-state index in [1.807, 2.05) is 5.06 Å². The van der Waals surface area contributed by atoms with E-state index < -0.39 is 0 Å². The highest BCUT2D eigenvalue weighted by atomic mass is 32.2. The van der Waals surface area contributed by atoms with Crippen molar-refractivity contribution in [2.45, 2.75) is 168 Å². The largest absolute Gasteiger partial charge is 0.485 e. The zero-order valence-electron chi connectivity index (χ0n) is 26.9. The van der Waals surface area contributed by atoms with E-state index in [4.69, 9.17) is 14.6 Å². The number of aliphatic imine (C=N–C) groups is 1. The van der Waals surface area contributed by atoms with Crippen LogP contribution >= 0.6 is 11.8 Å². The Kier molecular flexibility index (Phi) is 18.7. The van der Waals surface area contributed by atoms with Crippen molar-refractivity contribution in [3.63, 3.8) is 0 Å². The van der Waals surface area contributed by atoms with Crippen LogP contribution in [-0.2, 0) is 9.57 Å². The second-order valence-electron chi connectivity index (χ2n) is 12.3. The quantitative estimate of drug-likeness (QED) is 0.0854. The maximum Gasteiger partial charge on any atom is 0.181 e. The fourth-order valence-corrected chi connectivity index (χ4v) is 6.86. The van der Waals surface area contributed by atoms with E-state index in [1.165, 1.54) is 141 Å². The number of nitrogens with zero attached hydrogens (tertiary/aromatic N) is 2. The molecule has 2 heterocycles. The van der Waals surface area contributed by atoms with E-state index >= 15 is 0 Å². The van der Waals surface area contributed by atoms with E-state index in [1.54, 1.807) is 11.8 Å². The summed E-state index contributed by atoms with van der Waals surface area (Å²) in [5.41, 5.74) is 4.33. The molecule has 0 unspecified atom stereocenters. The summed E-state index contributed by atoms with van der Waals surface area (Å²) in [5.74, 6) is 0.881. The fraction of sp³-hybridized carbons (Fsp3) is 0.806. The Morgan fingerprint density at radius 1 is 0.610 bits per heavy atom. The lowest BCUT2D eigenvalue weighted by atomic mass is 10.1. The lowest BCUT2D eigenvalue weighted by Gasteiger charge is -2.33. The highest BCUT2D eigenvalue weighted by molar-refractivity contribution is 8.04. The zero-order chi connectivity index (χ0) is 28.8. The Morgan fingerprint density at radius 2 is 1.07 bits per heavy atom. The summed E-state index contributed by atoms with van der Waals surface area (Å²) in [5, 5.41) is 3.04. The predicted octanol–water partition coefficient (Wildman–Crippen LogP) is 11.8. The number of hydroxylamine groups is 2. The Labute approximate surface area is 257 Å². The summed E-state index contributed by atoms with van der Waals surface area (Å²) >= 11 is 1.78. The van der Waals surface area contributed by atoms with Crippen LogP contribution in [0.4, 0.5) is 0 Å². The minimum Gasteiger partial charge on any atom is -0.485 e. The SMILES string of the molecule is CCCCCCCCCCCCCCOC1=C2C(=NC3=C(C=C3)N2OCCCCCCCCCCCCCC)CS1. The Bertz CT molecular complexity index is 831. The minimum atomic E-state index is 0.759. The molecule has 41 heavy (non-hydrogen) atoms. The first-order valence-corrected chi connectivity index (χ1v) is 18.8. The van der Waals surface area contributed by atoms with Crippen molar-refractivity contribution in [2.24, 2.45) is 4.99 Å². The minimum absolute atomic E-state index is 0.759. The number of hydrogen-bond donors (Lipinski definition) is 0. The van der Waals surface area contributed by atoms with E-state index in [0.717, 1.165) is 59.7 Å². The van der Waals surface area contributed by atoms with Crippen LogP contribution < -0.4 is 0 Å². The van der Waals surface area contributed by atoms with Crippen LogP contribution in [0, 0.1) is 0 Å². The molecule has 0 bridgehead atoms. The molecular formula is C36H62N2O2S. The predicted molar refractivity (Wildman–Crippen MR) is 179 cm³/mol. The van der Waals surface area contributed by atoms with Crippen molar-refractivity contribution in [1.82, 2.24) is 5.06 Å². The van der Waals surface area contributed by atoms with Gasteiger partial charge in [0.05, 0.1) is 30.3 Å². The van der Waals surface area contributed by atoms with Gasteiger partial charge in [-0.25, -0.2) is 10.1 Å². The fourth-order valence-electron chi connectivity index (χ4n) is 5.89. The zero-order valence-corrected chi connectivity index (χ0v) is 27.7. The van der Waals surface area contributed by atoms with Gasteiger partial charge in [-0.3, -0.25) is 4.84 Å². The molecular weight excluding hydrogens is 524 g/mol. The van der Waals surface area contributed by atoms with Crippen LogP contribution in [0.5, 0.6) is 0 Å². The molecule has 0 radical (unpaired) electrons. The molecule has 234 valence electrons. The van der Waals surface area contributed by atoms with Crippen LogP contribution in [0.1, 0.15) is 168 Å². The van der Waals surface area contributed by atoms with Crippen LogP contribution in [0.3, 0.4) is 0 Å². The molecule has 4 nitrogen and oxygen atoms in total. The molecule has 3 aliphatic rings. The van der Waals surface area contributed by atoms with Gasteiger partial charge in [0, 0.05) is 5.75 Å². The standard InChI is InChI=1S/C36H62N2O2S/c1-3-5-7-9-11-13-15-17-19-21-23-25-29-39-36-35-33(31-41-36)37-32-27-28-34(32)38(35)40-30-26-24-22-20-18-16-14-12-10-8-6-4-2/h27-28H,3-26,29-31H2,1-2H3. The first-order valence-electron chi connectivity index (χ1n) is 17.8. The number of unbranched alkanes of at least 4 members (excludes halogenated alkanes) is 22. The van der Waals surface area contributed by atoms with Gasteiger partial charge in [-0.2, -0.15) is 0 Å². The third kappa shape index (κ3) is 13.3. The number of hydrogen-bond acceptors (Lipinski definition) is 5. The van der Waals surface area contributed by atoms with Crippen molar-refractivity contribution in [2.75, 3.05) is 19.0 Å². The molecule has 0 aromatic heterocycles. The molecule has 3 rings (SSSR count). The summed E-state index contributed by atoms with van der Waals surface area (Å²) in [6, 6.07) is 0. The third-order valence-electron chi connectivity index (χ3n) is 8.59. The summed E-state index contributed by atoms with van der Waals surface area (Å²) in [4.78, 5) is 11.2. The van der Waals surface area contributed by atoms with Gasteiger partial charge in [-0.05, 0) is 25.0 Å². The summed E-state index contributed by atoms with van der Waals surface area (Å²) in [7, 11) is 0. The number of allylic oxidation sites excluding steroid dienone is 3. The second-order valence-corrected chi connectivity index (χ2v) is 13.3. The molecule has 2 aliphatic heterocycles. The summed E-state index contributed by atoms with van der Waals surface area (Å²) in [6.07, 6.45) is 36.9. The molecule has 0 fully saturated rings. The first-order chi connectivity index (χ1) is 20.3. The van der Waals surface area contributed by atoms with Crippen LogP contribution in [0.25, 0.3) is 0 Å². The molecule has 0 aromatic carbocycles. The molecule has 0 aromatic rings. The van der Waals surface area contributed by atoms with Gasteiger partial charge < -0.3 is 4.74 Å². The number of thioether (sulfide) groups is 1. The Hall–Kier alpha value is -1.20. The van der Waals surface area contributed by atoms with Gasteiger partial charge in [0.15, 0.2) is 5.09 Å². The molecule has 1 aliphatic carbocycles. The molecule has 0 N–H and O–H groups in total. The van der Waals surface area contributed by atoms with Crippen molar-refractivity contribution in [1.29, 1.82) is 0 Å². The molecule has 0 spiro atoms. The second kappa shape index (κ2) is 22.4. The van der Waals surface area contributed by atoms with Gasteiger partial charge in [-0.1, -0.05) is 167 Å². The van der Waals surface area contributed by atoms with Crippen molar-refractivity contribution < 1.29 is 9.57 Å². The van der Waals surface area contributed by atoms with Crippen molar-refractivity contribution in [3.8, 4) is 0 Å². The van der Waals surface area contributed by atoms with Gasteiger partial charge in [-0.15, -0.1) is 0 Å². The van der Waals surface area contributed by atoms with Crippen LogP contribution in [0.2, 0.25) is 0 Å². The third-order valence-corrected chi connectivity index (χ3v) is 9.59. The Balaban J connectivity index is 1.24. The van der Waals surface area contributed by atoms with E-state index in [9.17, 15) is 0 Å². The molecule has 0 atom stereocenters. The smallest absolute Gasteiger partial charge is 0.181 e. The average molecular weight is 587 g/mol. The van der Waals surface area contributed by atoms with Gasteiger partial charge >= 0.3 is 0 Å². The maximum atomic E-state index is 6.36. The monoisotopic (exact) mass is 586 g/mol. The maximum absolute atomic E-state index is 6.36. The highest BCUT2D eigenvalue weighted by Gasteiger charge is 2.36. The summed E-state index contributed by atoms with van der Waals surface area (Å²) in [6.45, 7) is 6.14. The Morgan fingerprint density at radius 3 is 1.54 bits per heavy atom. The van der Waals surface area contributed by atoms with Gasteiger partial charge in [0.2, 0.25) is 0 Å². The lowest BCUT2D eigenvalue weighted by Crippen LogP contribution is -2.33. The highest BCUT2D eigenvalue weighted by Crippen LogP contribution is 2.41. The van der Waals surface area contributed by atoms with Crippen LogP contribution in [-0.4, -0.2) is 29.7 Å². The number of rotatable bonds is 28. The van der Waals surface area contributed by atoms with E-state index in [-0.39, 0.29) is 0 Å². The van der Waals surface area contributed by atoms with Crippen LogP contribution in [0.15, 0.2) is 39.3 Å². The summed E-state index contributed by atoms with van der Waals surface area (Å²) < 4.78 is 6.31. The van der Waals surface area contributed by atoms with Crippen molar-refractivity contribution >= 4 is 17.5 Å². The molecule has 0 saturated heterocycles. The molecule has 5 heteroatoms. The topological polar surface area (TPSA) is 34.1 Å². The number of fused-ring (bicyclic) bond motifs is 1. The molecule has 0 saturated carbocycles. The molecule has 0 amide bonds. The lowest BCUT2D eigenvalue weighted by molar-refractivity contribution is -0.101. The van der Waals surface area contributed by atoms with E-state index in [2.05, 4.69) is 26.0 Å². The van der Waals surface area contributed by atoms with E-state index in [0.29, 0.717) is 0 Å². The van der Waals surface area contributed by atoms with Crippen molar-refractivity contribution in [3.05, 3.63) is 34.3 Å². The van der Waals surface area contributed by atoms with Gasteiger partial charge in [0.25, 0.3) is 0 Å².